The fourth-order valence-electron chi connectivity index (χ4n) is 2.94. The second-order valence-electron chi connectivity index (χ2n) is 6.12. The quantitative estimate of drug-likeness (QED) is 0.538. The van der Waals surface area contributed by atoms with E-state index < -0.39 is 18.0 Å². The Balaban J connectivity index is 1.73. The third kappa shape index (κ3) is 4.42. The number of carbonyl (C=O) groups excluding carboxylic acids is 2. The second-order valence-corrected chi connectivity index (χ2v) is 7.00. The van der Waals surface area contributed by atoms with Gasteiger partial charge in [-0.3, -0.25) is 9.69 Å². The van der Waals surface area contributed by atoms with Gasteiger partial charge in [0.25, 0.3) is 0 Å². The smallest absolute Gasteiger partial charge is 0.414 e. The third-order valence-corrected chi connectivity index (χ3v) is 5.18. The van der Waals surface area contributed by atoms with E-state index in [-0.39, 0.29) is 18.9 Å². The number of thioether (sulfide) groups is 1. The first-order valence-electron chi connectivity index (χ1n) is 8.50. The number of esters is 1. The molecule has 0 N–H and O–H groups in total. The molecule has 0 spiro atoms. The fraction of sp³-hybridized carbons (Fsp3) is 0.300. The highest BCUT2D eigenvalue weighted by Gasteiger charge is 2.32. The standard InChI is InChI=1S/C20H20FNO4S/c1-25-19(23)10-6-15-12-22(20(24)26-15)14-5-9-17(18(21)11-14)13-3-7-16(27-2)8-4-13/h3-5,7-9,11,15H,6,10,12H2,1-2H3/t15-/m0/s1. The SMILES string of the molecule is COC(=O)CC[C@H]1CN(c2ccc(-c3ccc(SC)cc3)c(F)c2)C(=O)O1. The van der Waals surface area contributed by atoms with E-state index in [4.69, 9.17) is 4.74 Å². The van der Waals surface area contributed by atoms with Crippen molar-refractivity contribution in [2.45, 2.75) is 23.8 Å². The first-order chi connectivity index (χ1) is 13.0. The lowest BCUT2D eigenvalue weighted by Gasteiger charge is -2.14. The Morgan fingerprint density at radius 3 is 2.67 bits per heavy atom. The van der Waals surface area contributed by atoms with Crippen LogP contribution in [0.1, 0.15) is 12.8 Å². The second kappa shape index (κ2) is 8.43. The molecule has 0 aliphatic carbocycles. The van der Waals surface area contributed by atoms with Crippen LogP contribution in [-0.2, 0) is 14.3 Å². The van der Waals surface area contributed by atoms with E-state index in [9.17, 15) is 14.0 Å². The Bertz CT molecular complexity index is 840. The average molecular weight is 389 g/mol. The van der Waals surface area contributed by atoms with E-state index in [0.717, 1.165) is 10.5 Å². The normalized spacial score (nSPS) is 16.3. The van der Waals surface area contributed by atoms with E-state index >= 15 is 0 Å². The molecule has 1 aliphatic heterocycles. The zero-order chi connectivity index (χ0) is 19.4. The number of halogens is 1. The van der Waals surface area contributed by atoms with Gasteiger partial charge in [0, 0.05) is 16.9 Å². The van der Waals surface area contributed by atoms with Crippen LogP contribution in [0.15, 0.2) is 47.4 Å². The average Bonchev–Trinajstić information content (AvgIpc) is 3.06. The van der Waals surface area contributed by atoms with E-state index in [1.807, 2.05) is 30.5 Å². The molecule has 3 rings (SSSR count). The van der Waals surface area contributed by atoms with Crippen molar-refractivity contribution >= 4 is 29.5 Å². The van der Waals surface area contributed by atoms with Gasteiger partial charge in [-0.1, -0.05) is 12.1 Å². The van der Waals surface area contributed by atoms with Crippen molar-refractivity contribution in [3.63, 3.8) is 0 Å². The number of anilines is 1. The first kappa shape index (κ1) is 19.2. The van der Waals surface area contributed by atoms with Crippen LogP contribution >= 0.6 is 11.8 Å². The van der Waals surface area contributed by atoms with Crippen molar-refractivity contribution in [1.82, 2.24) is 0 Å². The van der Waals surface area contributed by atoms with E-state index in [0.29, 0.717) is 17.7 Å². The molecule has 1 amide bonds. The molecule has 0 radical (unpaired) electrons. The zero-order valence-corrected chi connectivity index (χ0v) is 15.9. The van der Waals surface area contributed by atoms with Crippen LogP contribution in [0.3, 0.4) is 0 Å². The molecule has 0 aromatic heterocycles. The summed E-state index contributed by atoms with van der Waals surface area (Å²) in [4.78, 5) is 25.8. The molecule has 1 saturated heterocycles. The van der Waals surface area contributed by atoms with Crippen molar-refractivity contribution in [2.24, 2.45) is 0 Å². The third-order valence-electron chi connectivity index (χ3n) is 4.44. The minimum absolute atomic E-state index is 0.168. The molecule has 1 fully saturated rings. The highest BCUT2D eigenvalue weighted by Crippen LogP contribution is 2.30. The van der Waals surface area contributed by atoms with Crippen molar-refractivity contribution in [1.29, 1.82) is 0 Å². The maximum atomic E-state index is 14.7. The van der Waals surface area contributed by atoms with Gasteiger partial charge in [0.05, 0.1) is 19.3 Å². The van der Waals surface area contributed by atoms with Gasteiger partial charge in [0.1, 0.15) is 11.9 Å². The van der Waals surface area contributed by atoms with Gasteiger partial charge in [-0.05, 0) is 48.6 Å². The molecule has 1 aliphatic rings. The van der Waals surface area contributed by atoms with Crippen LogP contribution in [0.2, 0.25) is 0 Å². The van der Waals surface area contributed by atoms with Crippen LogP contribution in [-0.4, -0.2) is 38.1 Å². The molecule has 1 atom stereocenters. The molecular weight excluding hydrogens is 369 g/mol. The van der Waals surface area contributed by atoms with Gasteiger partial charge in [0.2, 0.25) is 0 Å². The van der Waals surface area contributed by atoms with E-state index in [1.165, 1.54) is 18.1 Å². The number of ether oxygens (including phenoxy) is 2. The van der Waals surface area contributed by atoms with Crippen LogP contribution in [0, 0.1) is 5.82 Å². The number of methoxy groups -OCH3 is 1. The Hall–Kier alpha value is -2.54. The molecular formula is C20H20FNO4S. The van der Waals surface area contributed by atoms with Crippen molar-refractivity contribution in [3.8, 4) is 11.1 Å². The van der Waals surface area contributed by atoms with Gasteiger partial charge in [-0.25, -0.2) is 9.18 Å². The van der Waals surface area contributed by atoms with Crippen LogP contribution in [0.25, 0.3) is 11.1 Å². The van der Waals surface area contributed by atoms with Crippen molar-refractivity contribution in [2.75, 3.05) is 24.8 Å². The molecule has 2 aromatic rings. The molecule has 27 heavy (non-hydrogen) atoms. The minimum Gasteiger partial charge on any atom is -0.469 e. The minimum atomic E-state index is -0.540. The van der Waals surface area contributed by atoms with Gasteiger partial charge in [-0.15, -0.1) is 11.8 Å². The number of cyclic esters (lactones) is 1. The Kier molecular flexibility index (Phi) is 6.01. The monoisotopic (exact) mass is 389 g/mol. The lowest BCUT2D eigenvalue weighted by atomic mass is 10.0. The van der Waals surface area contributed by atoms with Crippen LogP contribution in [0.4, 0.5) is 14.9 Å². The number of rotatable bonds is 6. The molecule has 142 valence electrons. The van der Waals surface area contributed by atoms with E-state index in [1.54, 1.807) is 23.9 Å². The largest absolute Gasteiger partial charge is 0.469 e. The molecule has 0 saturated carbocycles. The van der Waals surface area contributed by atoms with Crippen molar-refractivity contribution < 1.29 is 23.5 Å². The van der Waals surface area contributed by atoms with Gasteiger partial charge in [0.15, 0.2) is 0 Å². The predicted octanol–water partition coefficient (Wildman–Crippen LogP) is 4.49. The van der Waals surface area contributed by atoms with Crippen LogP contribution in [0.5, 0.6) is 0 Å². The number of hydrogen-bond acceptors (Lipinski definition) is 5. The summed E-state index contributed by atoms with van der Waals surface area (Å²) in [5, 5.41) is 0. The highest BCUT2D eigenvalue weighted by atomic mass is 32.2. The zero-order valence-electron chi connectivity index (χ0n) is 15.1. The number of nitrogens with zero attached hydrogens (tertiary/aromatic N) is 1. The summed E-state index contributed by atoms with van der Waals surface area (Å²) in [6, 6.07) is 12.3. The van der Waals surface area contributed by atoms with Crippen LogP contribution < -0.4 is 4.90 Å². The summed E-state index contributed by atoms with van der Waals surface area (Å²) in [5.41, 5.74) is 1.68. The summed E-state index contributed by atoms with van der Waals surface area (Å²) in [7, 11) is 1.31. The fourth-order valence-corrected chi connectivity index (χ4v) is 3.35. The summed E-state index contributed by atoms with van der Waals surface area (Å²) in [5.74, 6) is -0.761. The van der Waals surface area contributed by atoms with E-state index in [2.05, 4.69) is 4.74 Å². The molecule has 1 heterocycles. The van der Waals surface area contributed by atoms with Gasteiger partial charge >= 0.3 is 12.1 Å². The van der Waals surface area contributed by atoms with Crippen molar-refractivity contribution in [3.05, 3.63) is 48.3 Å². The lowest BCUT2D eigenvalue weighted by molar-refractivity contribution is -0.141. The maximum absolute atomic E-state index is 14.7. The first-order valence-corrected chi connectivity index (χ1v) is 9.73. The van der Waals surface area contributed by atoms with Gasteiger partial charge in [-0.2, -0.15) is 0 Å². The Morgan fingerprint density at radius 1 is 1.30 bits per heavy atom. The summed E-state index contributed by atoms with van der Waals surface area (Å²) in [6.07, 6.45) is 1.57. The highest BCUT2D eigenvalue weighted by molar-refractivity contribution is 7.98. The predicted molar refractivity (Wildman–Crippen MR) is 102 cm³/mol. The number of carbonyl (C=O) groups is 2. The summed E-state index contributed by atoms with van der Waals surface area (Å²) < 4.78 is 24.5. The summed E-state index contributed by atoms with van der Waals surface area (Å²) in [6.45, 7) is 0.275. The maximum Gasteiger partial charge on any atom is 0.414 e. The number of benzene rings is 2. The topological polar surface area (TPSA) is 55.8 Å². The Labute approximate surface area is 161 Å². The molecule has 7 heteroatoms. The number of amides is 1. The molecule has 2 aromatic carbocycles. The number of hydrogen-bond donors (Lipinski definition) is 0. The van der Waals surface area contributed by atoms with Gasteiger partial charge < -0.3 is 9.47 Å². The lowest BCUT2D eigenvalue weighted by Crippen LogP contribution is -2.24. The molecule has 0 unspecified atom stereocenters. The Morgan fingerprint density at radius 2 is 2.04 bits per heavy atom. The summed E-state index contributed by atoms with van der Waals surface area (Å²) >= 11 is 1.62. The molecule has 0 bridgehead atoms. The molecule has 5 nitrogen and oxygen atoms in total.